The highest BCUT2D eigenvalue weighted by Crippen LogP contribution is 2.27. The Bertz CT molecular complexity index is 1050. The first-order valence-electron chi connectivity index (χ1n) is 9.58. The molecule has 3 aromatic carbocycles. The van der Waals surface area contributed by atoms with Gasteiger partial charge in [-0.2, -0.15) is 5.10 Å². The number of hydrazone groups is 1. The highest BCUT2D eigenvalue weighted by molar-refractivity contribution is 6.30. The molecule has 1 N–H and O–H groups in total. The summed E-state index contributed by atoms with van der Waals surface area (Å²) in [7, 11) is 3.12. The van der Waals surface area contributed by atoms with Gasteiger partial charge in [0.25, 0.3) is 0 Å². The molecular formula is C24H23ClN2O4. The van der Waals surface area contributed by atoms with E-state index in [0.717, 1.165) is 16.7 Å². The number of methoxy groups -OCH3 is 2. The molecule has 0 radical (unpaired) electrons. The predicted octanol–water partition coefficient (Wildman–Crippen LogP) is 4.63. The smallest absolute Gasteiger partial charge is 0.244 e. The van der Waals surface area contributed by atoms with Crippen LogP contribution in [-0.4, -0.2) is 26.3 Å². The van der Waals surface area contributed by atoms with Crippen LogP contribution in [0.5, 0.6) is 17.2 Å². The van der Waals surface area contributed by atoms with Crippen molar-refractivity contribution in [3.8, 4) is 17.2 Å². The van der Waals surface area contributed by atoms with E-state index in [2.05, 4.69) is 10.5 Å². The minimum atomic E-state index is -0.247. The summed E-state index contributed by atoms with van der Waals surface area (Å²) in [5.41, 5.74) is 5.08. The van der Waals surface area contributed by atoms with Crippen LogP contribution in [0.4, 0.5) is 0 Å². The van der Waals surface area contributed by atoms with Crippen molar-refractivity contribution < 1.29 is 19.0 Å². The molecule has 0 fully saturated rings. The maximum atomic E-state index is 12.2. The fourth-order valence-corrected chi connectivity index (χ4v) is 2.98. The van der Waals surface area contributed by atoms with Gasteiger partial charge in [0, 0.05) is 10.6 Å². The molecule has 6 nitrogen and oxygen atoms in total. The number of hydrogen-bond acceptors (Lipinski definition) is 5. The minimum Gasteiger partial charge on any atom is -0.493 e. The lowest BCUT2D eigenvalue weighted by molar-refractivity contribution is -0.120. The van der Waals surface area contributed by atoms with Gasteiger partial charge in [0.05, 0.1) is 26.9 Å². The van der Waals surface area contributed by atoms with Crippen LogP contribution < -0.4 is 19.6 Å². The van der Waals surface area contributed by atoms with E-state index in [1.165, 1.54) is 0 Å². The van der Waals surface area contributed by atoms with E-state index in [0.29, 0.717) is 28.9 Å². The van der Waals surface area contributed by atoms with E-state index in [1.807, 2.05) is 54.6 Å². The van der Waals surface area contributed by atoms with Gasteiger partial charge in [0.15, 0.2) is 11.5 Å². The Balaban J connectivity index is 1.58. The molecule has 0 bridgehead atoms. The predicted molar refractivity (Wildman–Crippen MR) is 121 cm³/mol. The summed E-state index contributed by atoms with van der Waals surface area (Å²) in [6.07, 6.45) is 1.72. The number of amides is 1. The van der Waals surface area contributed by atoms with Gasteiger partial charge in [0.1, 0.15) is 12.4 Å². The van der Waals surface area contributed by atoms with E-state index in [4.69, 9.17) is 25.8 Å². The molecule has 0 spiro atoms. The van der Waals surface area contributed by atoms with Crippen molar-refractivity contribution in [2.45, 2.75) is 13.0 Å². The first kappa shape index (κ1) is 22.2. The summed E-state index contributed by atoms with van der Waals surface area (Å²) in [6.45, 7) is 0.397. The molecule has 31 heavy (non-hydrogen) atoms. The molecule has 0 aromatic heterocycles. The monoisotopic (exact) mass is 438 g/mol. The van der Waals surface area contributed by atoms with Crippen LogP contribution in [0.1, 0.15) is 16.7 Å². The molecule has 0 aliphatic carbocycles. The number of halogens is 1. The summed E-state index contributed by atoms with van der Waals surface area (Å²) < 4.78 is 16.4. The van der Waals surface area contributed by atoms with E-state index >= 15 is 0 Å². The highest BCUT2D eigenvalue weighted by atomic mass is 35.5. The third-order valence-corrected chi connectivity index (χ3v) is 4.68. The van der Waals surface area contributed by atoms with Gasteiger partial charge in [-0.05, 0) is 47.5 Å². The van der Waals surface area contributed by atoms with Crippen LogP contribution >= 0.6 is 11.6 Å². The zero-order valence-corrected chi connectivity index (χ0v) is 18.1. The van der Waals surface area contributed by atoms with Crippen molar-refractivity contribution in [3.05, 3.63) is 88.4 Å². The van der Waals surface area contributed by atoms with Crippen LogP contribution in [-0.2, 0) is 17.8 Å². The standard InChI is InChI=1S/C24H23ClN2O4/c1-29-22-12-9-18(13-23(22)30-2)14-24(28)27-26-15-19-5-3-4-6-21(19)31-16-17-7-10-20(25)11-8-17/h3-13,15H,14,16H2,1-2H3,(H,27,28)/b26-15+. The van der Waals surface area contributed by atoms with E-state index in [1.54, 1.807) is 32.6 Å². The summed E-state index contributed by atoms with van der Waals surface area (Å²) in [4.78, 5) is 12.2. The minimum absolute atomic E-state index is 0.159. The average molecular weight is 439 g/mol. The van der Waals surface area contributed by atoms with Gasteiger partial charge in [-0.1, -0.05) is 41.9 Å². The van der Waals surface area contributed by atoms with Gasteiger partial charge in [-0.15, -0.1) is 0 Å². The molecule has 0 heterocycles. The molecule has 160 valence electrons. The van der Waals surface area contributed by atoms with Crippen LogP contribution in [0.15, 0.2) is 71.8 Å². The van der Waals surface area contributed by atoms with Gasteiger partial charge < -0.3 is 14.2 Å². The third kappa shape index (κ3) is 6.49. The second-order valence-corrected chi connectivity index (χ2v) is 7.05. The van der Waals surface area contributed by atoms with Crippen LogP contribution in [0.3, 0.4) is 0 Å². The molecule has 3 rings (SSSR count). The second-order valence-electron chi connectivity index (χ2n) is 6.61. The maximum absolute atomic E-state index is 12.2. The zero-order chi connectivity index (χ0) is 22.1. The number of para-hydroxylation sites is 1. The van der Waals surface area contributed by atoms with Gasteiger partial charge in [0.2, 0.25) is 5.91 Å². The van der Waals surface area contributed by atoms with E-state index in [9.17, 15) is 4.79 Å². The van der Waals surface area contributed by atoms with E-state index in [-0.39, 0.29) is 12.3 Å². The first-order valence-corrected chi connectivity index (χ1v) is 9.96. The topological polar surface area (TPSA) is 69.2 Å². The van der Waals surface area contributed by atoms with Crippen LogP contribution in [0.25, 0.3) is 0 Å². The number of nitrogens with one attached hydrogen (secondary N) is 1. The number of benzene rings is 3. The number of rotatable bonds is 9. The molecule has 1 amide bonds. The Morgan fingerprint density at radius 3 is 2.39 bits per heavy atom. The maximum Gasteiger partial charge on any atom is 0.244 e. The fraction of sp³-hybridized carbons (Fsp3) is 0.167. The normalized spacial score (nSPS) is 10.7. The van der Waals surface area contributed by atoms with E-state index < -0.39 is 0 Å². The fourth-order valence-electron chi connectivity index (χ4n) is 2.85. The van der Waals surface area contributed by atoms with Crippen molar-refractivity contribution >= 4 is 23.7 Å². The number of ether oxygens (including phenoxy) is 3. The largest absolute Gasteiger partial charge is 0.493 e. The Labute approximate surface area is 186 Å². The molecule has 7 heteroatoms. The molecule has 0 aliphatic rings. The van der Waals surface area contributed by atoms with Gasteiger partial charge >= 0.3 is 0 Å². The van der Waals surface area contributed by atoms with Crippen LogP contribution in [0, 0.1) is 0 Å². The molecule has 0 saturated carbocycles. The Kier molecular flexibility index (Phi) is 7.90. The number of carbonyl (C=O) groups excluding carboxylic acids is 1. The molecule has 3 aromatic rings. The van der Waals surface area contributed by atoms with Crippen molar-refractivity contribution in [3.63, 3.8) is 0 Å². The summed E-state index contributed by atoms with van der Waals surface area (Å²) in [6, 6.07) is 20.3. The second kappa shape index (κ2) is 11.0. The first-order chi connectivity index (χ1) is 15.1. The lowest BCUT2D eigenvalue weighted by Gasteiger charge is -2.09. The molecule has 0 saturated heterocycles. The quantitative estimate of drug-likeness (QED) is 0.390. The lowest BCUT2D eigenvalue weighted by atomic mass is 10.1. The molecule has 0 aliphatic heterocycles. The Morgan fingerprint density at radius 1 is 0.935 bits per heavy atom. The summed E-state index contributed by atoms with van der Waals surface area (Å²) >= 11 is 5.91. The third-order valence-electron chi connectivity index (χ3n) is 4.43. The Hall–Kier alpha value is -3.51. The van der Waals surface area contributed by atoms with Crippen molar-refractivity contribution in [2.75, 3.05) is 14.2 Å². The lowest BCUT2D eigenvalue weighted by Crippen LogP contribution is -2.19. The molecule has 0 unspecified atom stereocenters. The van der Waals surface area contributed by atoms with Crippen LogP contribution in [0.2, 0.25) is 5.02 Å². The molecule has 0 atom stereocenters. The SMILES string of the molecule is COc1ccc(CC(=O)N/N=C/c2ccccc2OCc2ccc(Cl)cc2)cc1OC. The highest BCUT2D eigenvalue weighted by Gasteiger charge is 2.08. The van der Waals surface area contributed by atoms with Crippen molar-refractivity contribution in [1.82, 2.24) is 5.43 Å². The average Bonchev–Trinajstić information content (AvgIpc) is 2.79. The van der Waals surface area contributed by atoms with Gasteiger partial charge in [-0.25, -0.2) is 5.43 Å². The number of hydrogen-bond donors (Lipinski definition) is 1. The molecular weight excluding hydrogens is 416 g/mol. The zero-order valence-electron chi connectivity index (χ0n) is 17.3. The Morgan fingerprint density at radius 2 is 1.65 bits per heavy atom. The van der Waals surface area contributed by atoms with Gasteiger partial charge in [-0.3, -0.25) is 4.79 Å². The number of carbonyl (C=O) groups is 1. The summed E-state index contributed by atoms with van der Waals surface area (Å²) in [5, 5.41) is 4.74. The van der Waals surface area contributed by atoms with Crippen molar-refractivity contribution in [1.29, 1.82) is 0 Å². The van der Waals surface area contributed by atoms with Crippen molar-refractivity contribution in [2.24, 2.45) is 5.10 Å². The number of nitrogens with zero attached hydrogens (tertiary/aromatic N) is 1. The summed E-state index contributed by atoms with van der Waals surface area (Å²) in [5.74, 6) is 1.60.